The van der Waals surface area contributed by atoms with Crippen LogP contribution in [0.1, 0.15) is 83.6 Å². The molecule has 1 N–H and O–H groups in total. The van der Waals surface area contributed by atoms with E-state index in [9.17, 15) is 9.59 Å². The second-order valence-electron chi connectivity index (χ2n) is 9.74. The Labute approximate surface area is 185 Å². The average Bonchev–Trinajstić information content (AvgIpc) is 2.99. The Morgan fingerprint density at radius 3 is 2.60 bits per heavy atom. The average molecular weight is 476 g/mol. The number of hydrogen-bond acceptors (Lipinski definition) is 4. The van der Waals surface area contributed by atoms with Gasteiger partial charge in [0.1, 0.15) is 11.4 Å². The van der Waals surface area contributed by atoms with E-state index in [-0.39, 0.29) is 17.0 Å². The van der Waals surface area contributed by atoms with E-state index in [1.807, 2.05) is 44.4 Å². The first-order valence-electron chi connectivity index (χ1n) is 10.8. The molecule has 162 valence electrons. The topological polar surface area (TPSA) is 73.2 Å². The first-order valence-corrected chi connectivity index (χ1v) is 11.6. The van der Waals surface area contributed by atoms with Crippen molar-refractivity contribution in [2.75, 3.05) is 0 Å². The fourth-order valence-electron chi connectivity index (χ4n) is 4.96. The van der Waals surface area contributed by atoms with Crippen LogP contribution < -0.4 is 10.9 Å². The monoisotopic (exact) mass is 475 g/mol. The second-order valence-corrected chi connectivity index (χ2v) is 10.7. The van der Waals surface area contributed by atoms with Crippen LogP contribution >= 0.6 is 15.9 Å². The number of ether oxygens (including phenoxy) is 1. The van der Waals surface area contributed by atoms with E-state index in [1.54, 1.807) is 0 Å². The van der Waals surface area contributed by atoms with Crippen LogP contribution in [0.2, 0.25) is 0 Å². The summed E-state index contributed by atoms with van der Waals surface area (Å²) >= 11 is 3.53. The summed E-state index contributed by atoms with van der Waals surface area (Å²) in [6.07, 6.45) is 6.35. The Kier molecular flexibility index (Phi) is 5.45. The molecule has 1 saturated carbocycles. The van der Waals surface area contributed by atoms with Gasteiger partial charge in [-0.15, -0.1) is 0 Å². The molecule has 2 aromatic rings. The summed E-state index contributed by atoms with van der Waals surface area (Å²) in [5.41, 5.74) is 0.976. The number of halogens is 1. The van der Waals surface area contributed by atoms with E-state index in [2.05, 4.69) is 21.2 Å². The zero-order valence-corrected chi connectivity index (χ0v) is 19.8. The van der Waals surface area contributed by atoms with Crippen molar-refractivity contribution in [3.8, 4) is 0 Å². The molecule has 0 radical (unpaired) electrons. The molecule has 1 aliphatic heterocycles. The van der Waals surface area contributed by atoms with E-state index in [0.717, 1.165) is 41.7 Å². The fraction of sp³-hybridized carbons (Fsp3) is 0.609. The summed E-state index contributed by atoms with van der Waals surface area (Å²) in [6, 6.07) is 3.43. The maximum absolute atomic E-state index is 13.4. The highest BCUT2D eigenvalue weighted by atomic mass is 79.9. The maximum Gasteiger partial charge on any atom is 0.408 e. The van der Waals surface area contributed by atoms with Crippen LogP contribution in [0.15, 0.2) is 21.4 Å². The fourth-order valence-corrected chi connectivity index (χ4v) is 5.44. The van der Waals surface area contributed by atoms with Crippen molar-refractivity contribution in [2.24, 2.45) is 0 Å². The van der Waals surface area contributed by atoms with Crippen LogP contribution in [0.3, 0.4) is 0 Å². The number of nitrogens with zero attached hydrogens (tertiary/aromatic N) is 2. The van der Waals surface area contributed by atoms with Gasteiger partial charge in [-0.05, 0) is 59.1 Å². The van der Waals surface area contributed by atoms with E-state index in [0.29, 0.717) is 10.9 Å². The first kappa shape index (κ1) is 21.3. The van der Waals surface area contributed by atoms with Gasteiger partial charge >= 0.3 is 6.09 Å². The van der Waals surface area contributed by atoms with E-state index in [4.69, 9.17) is 9.72 Å². The minimum atomic E-state index is -0.575. The molecule has 4 rings (SSSR count). The highest BCUT2D eigenvalue weighted by Crippen LogP contribution is 2.45. The van der Waals surface area contributed by atoms with Crippen molar-refractivity contribution in [1.29, 1.82) is 0 Å². The van der Waals surface area contributed by atoms with E-state index in [1.165, 1.54) is 19.3 Å². The van der Waals surface area contributed by atoms with Gasteiger partial charge in [-0.25, -0.2) is 9.78 Å². The number of benzene rings is 1. The molecule has 1 unspecified atom stereocenters. The zero-order valence-electron chi connectivity index (χ0n) is 18.2. The zero-order chi connectivity index (χ0) is 21.7. The molecule has 0 saturated heterocycles. The number of alkyl carbamates (subject to hydrolysis) is 1. The third-order valence-corrected chi connectivity index (χ3v) is 6.81. The Morgan fingerprint density at radius 1 is 1.23 bits per heavy atom. The van der Waals surface area contributed by atoms with Gasteiger partial charge in [0.2, 0.25) is 0 Å². The second kappa shape index (κ2) is 7.66. The lowest BCUT2D eigenvalue weighted by molar-refractivity contribution is 0.0508. The molecule has 1 aromatic carbocycles. The number of carbonyl (C=O) groups is 1. The number of carbonyl (C=O) groups excluding carboxylic acids is 1. The summed E-state index contributed by atoms with van der Waals surface area (Å²) in [6.45, 7) is 8.14. The number of fused-ring (bicyclic) bond motifs is 3. The van der Waals surface area contributed by atoms with Gasteiger partial charge < -0.3 is 10.1 Å². The number of nitrogens with one attached hydrogen (secondary N) is 1. The SMILES string of the molecule is CC(NC(=O)OC(C)(C)C)c1cc(Br)cc2c(=O)n3c(nc12)C1(CCCCC1)CC3. The highest BCUT2D eigenvalue weighted by molar-refractivity contribution is 9.10. The molecule has 30 heavy (non-hydrogen) atoms. The van der Waals surface area contributed by atoms with E-state index >= 15 is 0 Å². The van der Waals surface area contributed by atoms with Crippen LogP contribution in [0.5, 0.6) is 0 Å². The largest absolute Gasteiger partial charge is 0.444 e. The Balaban J connectivity index is 1.79. The van der Waals surface area contributed by atoms with Crippen LogP contribution in [-0.2, 0) is 16.7 Å². The molecule has 7 heteroatoms. The molecule has 0 bridgehead atoms. The molecule has 2 heterocycles. The lowest BCUT2D eigenvalue weighted by Gasteiger charge is -2.32. The minimum Gasteiger partial charge on any atom is -0.444 e. The van der Waals surface area contributed by atoms with Crippen LogP contribution in [0.4, 0.5) is 4.79 Å². The third kappa shape index (κ3) is 3.88. The highest BCUT2D eigenvalue weighted by Gasteiger charge is 2.42. The van der Waals surface area contributed by atoms with Crippen molar-refractivity contribution < 1.29 is 9.53 Å². The molecule has 1 amide bonds. The van der Waals surface area contributed by atoms with Crippen LogP contribution in [0.25, 0.3) is 10.9 Å². The van der Waals surface area contributed by atoms with Crippen molar-refractivity contribution in [3.63, 3.8) is 0 Å². The summed E-state index contributed by atoms with van der Waals surface area (Å²) < 4.78 is 8.10. The number of hydrogen-bond donors (Lipinski definition) is 1. The third-order valence-electron chi connectivity index (χ3n) is 6.35. The first-order chi connectivity index (χ1) is 14.1. The Morgan fingerprint density at radius 2 is 1.93 bits per heavy atom. The van der Waals surface area contributed by atoms with Gasteiger partial charge in [0.05, 0.1) is 16.9 Å². The molecule has 1 fully saturated rings. The van der Waals surface area contributed by atoms with Gasteiger partial charge in [-0.1, -0.05) is 35.2 Å². The van der Waals surface area contributed by atoms with Gasteiger partial charge in [-0.3, -0.25) is 9.36 Å². The summed E-state index contributed by atoms with van der Waals surface area (Å²) in [4.78, 5) is 30.8. The molecule has 1 atom stereocenters. The number of amides is 1. The molecule has 6 nitrogen and oxygen atoms in total. The molecular weight excluding hydrogens is 446 g/mol. The van der Waals surface area contributed by atoms with Crippen molar-refractivity contribution in [3.05, 3.63) is 38.3 Å². The smallest absolute Gasteiger partial charge is 0.408 e. The van der Waals surface area contributed by atoms with Crippen LogP contribution in [-0.4, -0.2) is 21.2 Å². The number of aromatic nitrogens is 2. The molecule has 2 aliphatic rings. The van der Waals surface area contributed by atoms with Crippen LogP contribution in [0, 0.1) is 0 Å². The van der Waals surface area contributed by atoms with Gasteiger partial charge in [0.15, 0.2) is 0 Å². The van der Waals surface area contributed by atoms with Gasteiger partial charge in [-0.2, -0.15) is 0 Å². The van der Waals surface area contributed by atoms with Crippen molar-refractivity contribution >= 4 is 32.9 Å². The molecular formula is C23H30BrN3O3. The van der Waals surface area contributed by atoms with Crippen molar-refractivity contribution in [2.45, 2.75) is 89.8 Å². The van der Waals surface area contributed by atoms with Gasteiger partial charge in [0.25, 0.3) is 5.56 Å². The molecule has 1 aliphatic carbocycles. The Bertz CT molecular complexity index is 1050. The summed E-state index contributed by atoms with van der Waals surface area (Å²) in [7, 11) is 0. The standard InChI is InChI=1S/C23H30BrN3O3/c1-14(25-21(29)30-22(2,3)4)16-12-15(24)13-17-18(16)26-20-23(8-6-5-7-9-23)10-11-27(20)19(17)28/h12-14H,5-11H2,1-4H3,(H,25,29). The minimum absolute atomic E-state index is 0.0180. The van der Waals surface area contributed by atoms with Crippen molar-refractivity contribution in [1.82, 2.24) is 14.9 Å². The Hall–Kier alpha value is -1.89. The maximum atomic E-state index is 13.4. The van der Waals surface area contributed by atoms with Gasteiger partial charge in [0, 0.05) is 22.0 Å². The quantitative estimate of drug-likeness (QED) is 0.634. The normalized spacial score (nSPS) is 19.0. The predicted molar refractivity (Wildman–Crippen MR) is 121 cm³/mol. The van der Waals surface area contributed by atoms with E-state index < -0.39 is 11.7 Å². The molecule has 1 aromatic heterocycles. The number of rotatable bonds is 2. The summed E-state index contributed by atoms with van der Waals surface area (Å²) in [5.74, 6) is 0.938. The summed E-state index contributed by atoms with van der Waals surface area (Å²) in [5, 5.41) is 3.49. The molecule has 1 spiro atoms. The lowest BCUT2D eigenvalue weighted by Crippen LogP contribution is -2.34. The predicted octanol–water partition coefficient (Wildman–Crippen LogP) is 5.35. The lowest BCUT2D eigenvalue weighted by atomic mass is 9.72.